The van der Waals surface area contributed by atoms with Crippen molar-refractivity contribution >= 4 is 11.5 Å². The summed E-state index contributed by atoms with van der Waals surface area (Å²) in [4.78, 5) is 4.94. The Morgan fingerprint density at radius 2 is 1.89 bits per heavy atom. The van der Waals surface area contributed by atoms with Crippen LogP contribution in [0.4, 0.5) is 5.82 Å². The van der Waals surface area contributed by atoms with Crippen molar-refractivity contribution in [1.29, 1.82) is 0 Å². The molecule has 1 aliphatic carbocycles. The normalized spacial score (nSPS) is 21.8. The molecule has 0 unspecified atom stereocenters. The Morgan fingerprint density at radius 1 is 1.05 bits per heavy atom. The number of rotatable bonds is 2. The molecule has 2 aliphatic rings. The van der Waals surface area contributed by atoms with Gasteiger partial charge in [0.1, 0.15) is 0 Å². The van der Waals surface area contributed by atoms with E-state index in [9.17, 15) is 0 Å². The van der Waals surface area contributed by atoms with E-state index in [2.05, 4.69) is 30.4 Å². The lowest BCUT2D eigenvalue weighted by atomic mass is 9.91. The molecule has 0 N–H and O–H groups in total. The number of nitrogens with zero attached hydrogens (tertiary/aromatic N) is 7. The minimum Gasteiger partial charge on any atom is -0.353 e. The molecule has 1 saturated carbocycles. The maximum atomic E-state index is 4.45. The topological polar surface area (TPSA) is 62.5 Å². The molecule has 0 aromatic carbocycles. The maximum absolute atomic E-state index is 4.45. The van der Waals surface area contributed by atoms with Gasteiger partial charge in [-0.05, 0) is 35.4 Å². The molecule has 1 saturated heterocycles. The first-order valence-electron chi connectivity index (χ1n) is 6.94. The van der Waals surface area contributed by atoms with Crippen molar-refractivity contribution < 1.29 is 0 Å². The highest BCUT2D eigenvalue weighted by Crippen LogP contribution is 2.26. The summed E-state index contributed by atoms with van der Waals surface area (Å²) in [5.74, 6) is 0.966. The number of anilines is 1. The maximum Gasteiger partial charge on any atom is 0.200 e. The molecule has 100 valence electrons. The summed E-state index contributed by atoms with van der Waals surface area (Å²) >= 11 is 0. The van der Waals surface area contributed by atoms with Crippen LogP contribution in [0, 0.1) is 0 Å². The highest BCUT2D eigenvalue weighted by Gasteiger charge is 2.28. The minimum absolute atomic E-state index is 0.692. The van der Waals surface area contributed by atoms with Crippen LogP contribution in [0.1, 0.15) is 19.3 Å². The fourth-order valence-corrected chi connectivity index (χ4v) is 2.88. The average Bonchev–Trinajstić information content (AvgIpc) is 2.85. The predicted octanol–water partition coefficient (Wildman–Crippen LogP) is 0.194. The number of hydrogen-bond donors (Lipinski definition) is 0. The Morgan fingerprint density at radius 3 is 2.63 bits per heavy atom. The molecule has 0 amide bonds. The van der Waals surface area contributed by atoms with Crippen LogP contribution in [0.3, 0.4) is 0 Å². The Kier molecular flexibility index (Phi) is 2.58. The van der Waals surface area contributed by atoms with E-state index in [4.69, 9.17) is 0 Å². The van der Waals surface area contributed by atoms with Gasteiger partial charge in [-0.2, -0.15) is 0 Å². The van der Waals surface area contributed by atoms with Gasteiger partial charge in [0.15, 0.2) is 11.5 Å². The van der Waals surface area contributed by atoms with Crippen molar-refractivity contribution in [3.8, 4) is 0 Å². The summed E-state index contributed by atoms with van der Waals surface area (Å²) in [6, 6.07) is 4.77. The monoisotopic (exact) mass is 259 g/mol. The predicted molar refractivity (Wildman–Crippen MR) is 70.0 cm³/mol. The number of aromatic nitrogens is 5. The molecule has 2 aromatic heterocycles. The second-order valence-corrected chi connectivity index (χ2v) is 5.33. The first kappa shape index (κ1) is 11.1. The largest absolute Gasteiger partial charge is 0.353 e. The van der Waals surface area contributed by atoms with Crippen molar-refractivity contribution in [1.82, 2.24) is 30.2 Å². The zero-order chi connectivity index (χ0) is 12.7. The Bertz CT molecular complexity index is 568. The highest BCUT2D eigenvalue weighted by molar-refractivity contribution is 5.44. The zero-order valence-electron chi connectivity index (χ0n) is 10.8. The van der Waals surface area contributed by atoms with E-state index in [0.29, 0.717) is 5.65 Å². The summed E-state index contributed by atoms with van der Waals surface area (Å²) < 4.78 is 1.49. The molecule has 0 atom stereocenters. The average molecular weight is 259 g/mol. The van der Waals surface area contributed by atoms with Gasteiger partial charge in [-0.1, -0.05) is 6.42 Å². The molecule has 2 aromatic rings. The number of hydrogen-bond acceptors (Lipinski definition) is 6. The van der Waals surface area contributed by atoms with Crippen LogP contribution >= 0.6 is 0 Å². The third-order valence-corrected chi connectivity index (χ3v) is 4.28. The molecule has 7 nitrogen and oxygen atoms in total. The van der Waals surface area contributed by atoms with Crippen molar-refractivity contribution in [2.24, 2.45) is 0 Å². The van der Waals surface area contributed by atoms with Crippen LogP contribution in [0.5, 0.6) is 0 Å². The first-order valence-corrected chi connectivity index (χ1v) is 6.94. The molecule has 0 bridgehead atoms. The van der Waals surface area contributed by atoms with Gasteiger partial charge in [-0.3, -0.25) is 4.90 Å². The van der Waals surface area contributed by atoms with Crippen LogP contribution in [0.2, 0.25) is 0 Å². The van der Waals surface area contributed by atoms with Gasteiger partial charge in [-0.25, -0.2) is 0 Å². The molecule has 1 aliphatic heterocycles. The minimum atomic E-state index is 0.692. The van der Waals surface area contributed by atoms with Crippen molar-refractivity contribution in [3.05, 3.63) is 12.1 Å². The quantitative estimate of drug-likeness (QED) is 0.767. The van der Waals surface area contributed by atoms with Gasteiger partial charge in [0.25, 0.3) is 0 Å². The van der Waals surface area contributed by atoms with E-state index < -0.39 is 0 Å². The Balaban J connectivity index is 1.47. The summed E-state index contributed by atoms with van der Waals surface area (Å²) in [5, 5.41) is 15.8. The molecule has 0 radical (unpaired) electrons. The highest BCUT2D eigenvalue weighted by atomic mass is 15.6. The Labute approximate surface area is 111 Å². The smallest absolute Gasteiger partial charge is 0.200 e. The standard InChI is InChI=1S/C12H17N7/c1-2-10(3-1)17-6-8-18(9-7-17)12-5-4-11-13-15-16-19(11)14-12/h4-5,10H,1-3,6-9H2. The third-order valence-electron chi connectivity index (χ3n) is 4.28. The molecular formula is C12H17N7. The van der Waals surface area contributed by atoms with Crippen molar-refractivity contribution in [3.63, 3.8) is 0 Å². The van der Waals surface area contributed by atoms with E-state index in [0.717, 1.165) is 38.0 Å². The second kappa shape index (κ2) is 4.41. The molecule has 19 heavy (non-hydrogen) atoms. The molecule has 3 heterocycles. The lowest BCUT2D eigenvalue weighted by Gasteiger charge is -2.43. The van der Waals surface area contributed by atoms with Gasteiger partial charge in [-0.15, -0.1) is 14.8 Å². The molecule has 2 fully saturated rings. The van der Waals surface area contributed by atoms with Crippen LogP contribution in [0.15, 0.2) is 12.1 Å². The zero-order valence-corrected chi connectivity index (χ0v) is 10.8. The van der Waals surface area contributed by atoms with Crippen molar-refractivity contribution in [2.75, 3.05) is 31.1 Å². The van der Waals surface area contributed by atoms with Crippen molar-refractivity contribution in [2.45, 2.75) is 25.3 Å². The van der Waals surface area contributed by atoms with E-state index in [-0.39, 0.29) is 0 Å². The summed E-state index contributed by atoms with van der Waals surface area (Å²) in [6.45, 7) is 4.36. The lowest BCUT2D eigenvalue weighted by molar-refractivity contribution is 0.120. The number of tetrazole rings is 1. The fraction of sp³-hybridized carbons (Fsp3) is 0.667. The van der Waals surface area contributed by atoms with Crippen LogP contribution < -0.4 is 4.90 Å². The SMILES string of the molecule is c1cc2nnnn2nc1N1CCN(C2CCC2)CC1. The fourth-order valence-electron chi connectivity index (χ4n) is 2.88. The second-order valence-electron chi connectivity index (χ2n) is 5.33. The molecular weight excluding hydrogens is 242 g/mol. The number of piperazine rings is 1. The van der Waals surface area contributed by atoms with Gasteiger partial charge >= 0.3 is 0 Å². The summed E-state index contributed by atoms with van der Waals surface area (Å²) in [5.41, 5.74) is 0.692. The Hall–Kier alpha value is -1.76. The summed E-state index contributed by atoms with van der Waals surface area (Å²) in [7, 11) is 0. The van der Waals surface area contributed by atoms with Gasteiger partial charge < -0.3 is 4.90 Å². The van der Waals surface area contributed by atoms with E-state index in [1.165, 1.54) is 23.9 Å². The van der Waals surface area contributed by atoms with Gasteiger partial charge in [0.2, 0.25) is 0 Å². The van der Waals surface area contributed by atoms with Crippen LogP contribution in [-0.4, -0.2) is 62.4 Å². The van der Waals surface area contributed by atoms with E-state index in [1.807, 2.05) is 12.1 Å². The van der Waals surface area contributed by atoms with E-state index >= 15 is 0 Å². The van der Waals surface area contributed by atoms with Gasteiger partial charge in [0, 0.05) is 32.2 Å². The molecule has 4 rings (SSSR count). The first-order chi connectivity index (χ1) is 9.40. The van der Waals surface area contributed by atoms with Gasteiger partial charge in [0.05, 0.1) is 0 Å². The number of fused-ring (bicyclic) bond motifs is 1. The lowest BCUT2D eigenvalue weighted by Crippen LogP contribution is -2.52. The van der Waals surface area contributed by atoms with Crippen LogP contribution in [0.25, 0.3) is 5.65 Å². The molecule has 0 spiro atoms. The summed E-state index contributed by atoms with van der Waals surface area (Å²) in [6.07, 6.45) is 4.17. The van der Waals surface area contributed by atoms with Crippen LogP contribution in [-0.2, 0) is 0 Å². The third kappa shape index (κ3) is 1.94. The molecule has 7 heteroatoms. The van der Waals surface area contributed by atoms with E-state index in [1.54, 1.807) is 0 Å².